The Bertz CT molecular complexity index is 1540. The van der Waals surface area contributed by atoms with Crippen molar-refractivity contribution >= 4 is 28.3 Å². The fourth-order valence-electron chi connectivity index (χ4n) is 3.84. The smallest absolute Gasteiger partial charge is 0.351 e. The van der Waals surface area contributed by atoms with Crippen molar-refractivity contribution in [1.29, 1.82) is 0 Å². The number of benzene rings is 2. The van der Waals surface area contributed by atoms with E-state index in [9.17, 15) is 18.0 Å². The van der Waals surface area contributed by atoms with E-state index in [1.165, 1.54) is 6.07 Å². The van der Waals surface area contributed by atoms with E-state index in [1.807, 2.05) is 30.5 Å². The molecule has 0 aliphatic carbocycles. The van der Waals surface area contributed by atoms with E-state index in [0.29, 0.717) is 33.0 Å². The number of H-pyrrole nitrogens is 2. The van der Waals surface area contributed by atoms with E-state index >= 15 is 0 Å². The SMILES string of the molecule is CC(N(C)C(=O)c1cc2ccc(-c3nccc(Nc4ccc(-c5cn[nH]c5)cc4)n3)cc2[nH]1)C(F)(F)F. The number of aromatic amines is 2. The largest absolute Gasteiger partial charge is 0.408 e. The van der Waals surface area contributed by atoms with Gasteiger partial charge >= 0.3 is 6.18 Å². The summed E-state index contributed by atoms with van der Waals surface area (Å²) in [4.78, 5) is 25.2. The quantitative estimate of drug-likeness (QED) is 0.271. The number of amides is 1. The molecule has 0 saturated heterocycles. The van der Waals surface area contributed by atoms with Gasteiger partial charge in [-0.2, -0.15) is 18.3 Å². The van der Waals surface area contributed by atoms with E-state index in [1.54, 1.807) is 36.7 Å². The fourth-order valence-corrected chi connectivity index (χ4v) is 3.84. The molecule has 1 unspecified atom stereocenters. The van der Waals surface area contributed by atoms with Gasteiger partial charge in [0.05, 0.1) is 6.20 Å². The van der Waals surface area contributed by atoms with Crippen molar-refractivity contribution in [2.75, 3.05) is 12.4 Å². The minimum Gasteiger partial charge on any atom is -0.351 e. The normalized spacial score (nSPS) is 12.5. The summed E-state index contributed by atoms with van der Waals surface area (Å²) in [5.41, 5.74) is 4.20. The Kier molecular flexibility index (Phi) is 6.12. The molecule has 37 heavy (non-hydrogen) atoms. The first-order chi connectivity index (χ1) is 17.7. The zero-order valence-electron chi connectivity index (χ0n) is 19.8. The van der Waals surface area contributed by atoms with Crippen LogP contribution in [0.5, 0.6) is 0 Å². The number of alkyl halides is 3. The third kappa shape index (κ3) is 5.01. The number of hydrogen-bond acceptors (Lipinski definition) is 5. The standard InChI is InChI=1S/C26H22F3N7O/c1-15(26(27,28)29)36(2)25(37)22-11-17-3-4-18(12-21(17)34-22)24-30-10-9-23(35-24)33-20-7-5-16(6-8-20)19-13-31-32-14-19/h3-15,34H,1-2H3,(H,31,32)(H,30,33,35). The first kappa shape index (κ1) is 24.0. The van der Waals surface area contributed by atoms with Gasteiger partial charge in [0, 0.05) is 47.2 Å². The summed E-state index contributed by atoms with van der Waals surface area (Å²) in [5.74, 6) is 0.294. The number of aromatic nitrogens is 5. The highest BCUT2D eigenvalue weighted by atomic mass is 19.4. The number of halogens is 3. The lowest BCUT2D eigenvalue weighted by Crippen LogP contribution is -2.44. The number of nitrogens with zero attached hydrogens (tertiary/aromatic N) is 4. The lowest BCUT2D eigenvalue weighted by Gasteiger charge is -2.26. The van der Waals surface area contributed by atoms with E-state index in [2.05, 4.69) is 30.5 Å². The Morgan fingerprint density at radius 3 is 2.49 bits per heavy atom. The Balaban J connectivity index is 1.35. The topological polar surface area (TPSA) is 103 Å². The lowest BCUT2D eigenvalue weighted by atomic mass is 10.1. The van der Waals surface area contributed by atoms with Gasteiger partial charge in [-0.05, 0) is 42.8 Å². The number of nitrogens with one attached hydrogen (secondary N) is 3. The van der Waals surface area contributed by atoms with Crippen LogP contribution in [0.15, 0.2) is 73.2 Å². The Morgan fingerprint density at radius 1 is 1.03 bits per heavy atom. The number of fused-ring (bicyclic) bond motifs is 1. The molecule has 2 aromatic carbocycles. The molecule has 0 fully saturated rings. The molecular weight excluding hydrogens is 483 g/mol. The predicted molar refractivity (Wildman–Crippen MR) is 134 cm³/mol. The first-order valence-corrected chi connectivity index (χ1v) is 11.4. The summed E-state index contributed by atoms with van der Waals surface area (Å²) in [6.07, 6.45) is 0.689. The third-order valence-corrected chi connectivity index (χ3v) is 6.13. The molecule has 11 heteroatoms. The molecular formula is C26H22F3N7O. The van der Waals surface area contributed by atoms with Crippen molar-refractivity contribution in [2.45, 2.75) is 19.1 Å². The zero-order valence-corrected chi connectivity index (χ0v) is 19.8. The van der Waals surface area contributed by atoms with Gasteiger partial charge in [-0.15, -0.1) is 0 Å². The van der Waals surface area contributed by atoms with Crippen LogP contribution in [0, 0.1) is 0 Å². The maximum Gasteiger partial charge on any atom is 0.408 e. The minimum absolute atomic E-state index is 0.0703. The first-order valence-electron chi connectivity index (χ1n) is 11.4. The Labute approximate surface area is 209 Å². The highest BCUT2D eigenvalue weighted by Crippen LogP contribution is 2.28. The molecule has 0 radical (unpaired) electrons. The summed E-state index contributed by atoms with van der Waals surface area (Å²) in [6.45, 7) is 0.949. The maximum atomic E-state index is 13.0. The molecule has 5 rings (SSSR count). The molecule has 3 aromatic heterocycles. The third-order valence-electron chi connectivity index (χ3n) is 6.13. The molecule has 3 N–H and O–H groups in total. The predicted octanol–water partition coefficient (Wildman–Crippen LogP) is 5.78. The number of anilines is 2. The number of carbonyl (C=O) groups is 1. The lowest BCUT2D eigenvalue weighted by molar-refractivity contribution is -0.169. The van der Waals surface area contributed by atoms with Crippen molar-refractivity contribution in [2.24, 2.45) is 0 Å². The second kappa shape index (κ2) is 9.41. The van der Waals surface area contributed by atoms with Crippen molar-refractivity contribution < 1.29 is 18.0 Å². The van der Waals surface area contributed by atoms with E-state index in [0.717, 1.165) is 30.8 Å². The zero-order chi connectivity index (χ0) is 26.2. The number of hydrogen-bond donors (Lipinski definition) is 3. The summed E-state index contributed by atoms with van der Waals surface area (Å²) in [6, 6.07) is 14.5. The van der Waals surface area contributed by atoms with Gasteiger partial charge < -0.3 is 15.2 Å². The molecule has 1 amide bonds. The van der Waals surface area contributed by atoms with Crippen LogP contribution in [-0.4, -0.2) is 55.2 Å². The van der Waals surface area contributed by atoms with Crippen LogP contribution in [0.4, 0.5) is 24.7 Å². The van der Waals surface area contributed by atoms with Gasteiger partial charge in [-0.1, -0.05) is 24.3 Å². The second-order valence-electron chi connectivity index (χ2n) is 8.57. The highest BCUT2D eigenvalue weighted by Gasteiger charge is 2.40. The van der Waals surface area contributed by atoms with E-state index in [-0.39, 0.29) is 5.69 Å². The minimum atomic E-state index is -4.51. The average Bonchev–Trinajstić information content (AvgIpc) is 3.57. The Morgan fingerprint density at radius 2 is 1.78 bits per heavy atom. The van der Waals surface area contributed by atoms with Crippen LogP contribution in [0.25, 0.3) is 33.4 Å². The Hall–Kier alpha value is -4.67. The van der Waals surface area contributed by atoms with Gasteiger partial charge in [0.2, 0.25) is 0 Å². The van der Waals surface area contributed by atoms with Crippen LogP contribution in [0.1, 0.15) is 17.4 Å². The average molecular weight is 506 g/mol. The molecule has 5 aromatic rings. The van der Waals surface area contributed by atoms with Crippen molar-refractivity contribution in [3.8, 4) is 22.5 Å². The van der Waals surface area contributed by atoms with Crippen molar-refractivity contribution in [1.82, 2.24) is 30.0 Å². The van der Waals surface area contributed by atoms with Crippen LogP contribution in [0.3, 0.4) is 0 Å². The fraction of sp³-hybridized carbons (Fsp3) is 0.154. The molecule has 0 aliphatic heterocycles. The molecule has 0 aliphatic rings. The van der Waals surface area contributed by atoms with Crippen LogP contribution >= 0.6 is 0 Å². The number of rotatable bonds is 6. The number of carbonyl (C=O) groups excluding carboxylic acids is 1. The van der Waals surface area contributed by atoms with Crippen molar-refractivity contribution in [3.63, 3.8) is 0 Å². The molecule has 0 saturated carbocycles. The van der Waals surface area contributed by atoms with E-state index < -0.39 is 18.1 Å². The van der Waals surface area contributed by atoms with Crippen LogP contribution in [0.2, 0.25) is 0 Å². The van der Waals surface area contributed by atoms with Gasteiger partial charge in [0.1, 0.15) is 17.6 Å². The molecule has 0 bridgehead atoms. The molecule has 188 valence electrons. The van der Waals surface area contributed by atoms with Gasteiger partial charge in [0.15, 0.2) is 5.82 Å². The molecule has 0 spiro atoms. The maximum absolute atomic E-state index is 13.0. The monoisotopic (exact) mass is 505 g/mol. The van der Waals surface area contributed by atoms with Crippen LogP contribution < -0.4 is 5.32 Å². The van der Waals surface area contributed by atoms with E-state index in [4.69, 9.17) is 0 Å². The van der Waals surface area contributed by atoms with Crippen LogP contribution in [-0.2, 0) is 0 Å². The molecule has 3 heterocycles. The van der Waals surface area contributed by atoms with Gasteiger partial charge in [0.25, 0.3) is 5.91 Å². The summed E-state index contributed by atoms with van der Waals surface area (Å²) < 4.78 is 39.1. The highest BCUT2D eigenvalue weighted by molar-refractivity contribution is 5.98. The second-order valence-corrected chi connectivity index (χ2v) is 8.57. The molecule has 8 nitrogen and oxygen atoms in total. The van der Waals surface area contributed by atoms with Gasteiger partial charge in [-0.25, -0.2) is 9.97 Å². The summed E-state index contributed by atoms with van der Waals surface area (Å²) in [7, 11) is 1.13. The molecule has 1 atom stereocenters. The van der Waals surface area contributed by atoms with Gasteiger partial charge in [-0.3, -0.25) is 9.89 Å². The summed E-state index contributed by atoms with van der Waals surface area (Å²) >= 11 is 0. The summed E-state index contributed by atoms with van der Waals surface area (Å²) in [5, 5.41) is 10.7. The van der Waals surface area contributed by atoms with Crippen molar-refractivity contribution in [3.05, 3.63) is 78.9 Å².